The molecular weight excluding hydrogens is 360 g/mol. The van der Waals surface area contributed by atoms with Crippen LogP contribution >= 0.6 is 11.6 Å². The number of rotatable bonds is 3. The maximum Gasteiger partial charge on any atom is 0.153 e. The van der Waals surface area contributed by atoms with Gasteiger partial charge >= 0.3 is 0 Å². The van der Waals surface area contributed by atoms with Crippen LogP contribution in [0.25, 0.3) is 11.1 Å². The van der Waals surface area contributed by atoms with Crippen LogP contribution in [0.2, 0.25) is 5.02 Å². The number of aryl methyl sites for hydroxylation is 1. The van der Waals surface area contributed by atoms with Crippen LogP contribution in [0.1, 0.15) is 28.8 Å². The molecule has 0 aliphatic carbocycles. The Morgan fingerprint density at radius 3 is 2.93 bits per heavy atom. The molecule has 5 nitrogen and oxygen atoms in total. The average Bonchev–Trinajstić information content (AvgIpc) is 2.95. The summed E-state index contributed by atoms with van der Waals surface area (Å²) >= 11 is 6.18. The Hall–Kier alpha value is -2.97. The van der Waals surface area contributed by atoms with Crippen molar-refractivity contribution in [1.82, 2.24) is 9.78 Å². The minimum absolute atomic E-state index is 0.411. The van der Waals surface area contributed by atoms with E-state index < -0.39 is 0 Å². The summed E-state index contributed by atoms with van der Waals surface area (Å²) < 4.78 is 7.66. The number of aromatic nitrogens is 2. The maximum absolute atomic E-state index is 9.06. The summed E-state index contributed by atoms with van der Waals surface area (Å²) in [5, 5.41) is 14.0. The van der Waals surface area contributed by atoms with Crippen molar-refractivity contribution >= 4 is 17.4 Å². The Morgan fingerprint density at radius 2 is 2.15 bits per heavy atom. The van der Waals surface area contributed by atoms with Crippen LogP contribution in [-0.4, -0.2) is 16.4 Å². The van der Waals surface area contributed by atoms with Crippen LogP contribution in [0, 0.1) is 18.3 Å². The fraction of sp³-hybridized carbons (Fsp3) is 0.238. The van der Waals surface area contributed by atoms with Gasteiger partial charge in [0.2, 0.25) is 0 Å². The Kier molecular flexibility index (Phi) is 4.51. The minimum Gasteiger partial charge on any atom is -0.493 e. The fourth-order valence-electron chi connectivity index (χ4n) is 3.50. The van der Waals surface area contributed by atoms with Crippen LogP contribution in [0.5, 0.6) is 5.75 Å². The Labute approximate surface area is 162 Å². The second-order valence-electron chi connectivity index (χ2n) is 6.70. The van der Waals surface area contributed by atoms with E-state index in [9.17, 15) is 0 Å². The molecule has 0 spiro atoms. The highest BCUT2D eigenvalue weighted by Gasteiger charge is 2.17. The van der Waals surface area contributed by atoms with Crippen molar-refractivity contribution < 1.29 is 4.74 Å². The van der Waals surface area contributed by atoms with Crippen LogP contribution in [0.3, 0.4) is 0 Å². The van der Waals surface area contributed by atoms with Crippen LogP contribution in [0.4, 0.5) is 5.82 Å². The molecule has 0 atom stereocenters. The topological polar surface area (TPSA) is 76.9 Å². The van der Waals surface area contributed by atoms with E-state index in [0.717, 1.165) is 47.6 Å². The predicted octanol–water partition coefficient (Wildman–Crippen LogP) is 4.34. The molecular formula is C21H19ClN4O. The number of anilines is 1. The SMILES string of the molecule is Cc1c(-c2ccc(C#N)c(Cl)c2)c(N)nn1Cc1ccc2c(c1)OCCC2. The Balaban J connectivity index is 1.67. The molecule has 0 bridgehead atoms. The number of halogens is 1. The lowest BCUT2D eigenvalue weighted by atomic mass is 10.0. The average molecular weight is 379 g/mol. The molecule has 2 aromatic carbocycles. The summed E-state index contributed by atoms with van der Waals surface area (Å²) in [7, 11) is 0. The van der Waals surface area contributed by atoms with Gasteiger partial charge in [-0.1, -0.05) is 29.8 Å². The first-order chi connectivity index (χ1) is 13.1. The van der Waals surface area contributed by atoms with Gasteiger partial charge in [-0.05, 0) is 54.7 Å². The van der Waals surface area contributed by atoms with Gasteiger partial charge in [-0.15, -0.1) is 0 Å². The smallest absolute Gasteiger partial charge is 0.153 e. The van der Waals surface area contributed by atoms with Crippen molar-refractivity contribution in [2.75, 3.05) is 12.3 Å². The van der Waals surface area contributed by atoms with E-state index in [1.807, 2.05) is 17.7 Å². The van der Waals surface area contributed by atoms with Gasteiger partial charge in [0, 0.05) is 11.3 Å². The number of hydrogen-bond acceptors (Lipinski definition) is 4. The van der Waals surface area contributed by atoms with Crippen molar-refractivity contribution in [3.8, 4) is 22.9 Å². The van der Waals surface area contributed by atoms with E-state index in [-0.39, 0.29) is 0 Å². The highest BCUT2D eigenvalue weighted by molar-refractivity contribution is 6.32. The van der Waals surface area contributed by atoms with E-state index in [1.165, 1.54) is 5.56 Å². The largest absolute Gasteiger partial charge is 0.493 e. The highest BCUT2D eigenvalue weighted by Crippen LogP contribution is 2.33. The summed E-state index contributed by atoms with van der Waals surface area (Å²) in [5.74, 6) is 1.41. The number of nitrogens with zero attached hydrogens (tertiary/aromatic N) is 3. The predicted molar refractivity (Wildman–Crippen MR) is 106 cm³/mol. The molecule has 2 N–H and O–H groups in total. The van der Waals surface area contributed by atoms with Crippen LogP contribution in [0.15, 0.2) is 36.4 Å². The third-order valence-electron chi connectivity index (χ3n) is 4.92. The van der Waals surface area contributed by atoms with Crippen LogP contribution in [-0.2, 0) is 13.0 Å². The zero-order valence-electron chi connectivity index (χ0n) is 15.0. The molecule has 0 saturated carbocycles. The number of nitrogen functional groups attached to an aromatic ring is 1. The van der Waals surface area contributed by atoms with E-state index in [4.69, 9.17) is 27.3 Å². The van der Waals surface area contributed by atoms with Gasteiger partial charge in [-0.2, -0.15) is 10.4 Å². The summed E-state index contributed by atoms with van der Waals surface area (Å²) in [6.07, 6.45) is 2.13. The van der Waals surface area contributed by atoms with Crippen molar-refractivity contribution in [2.24, 2.45) is 0 Å². The molecule has 4 rings (SSSR count). The van der Waals surface area contributed by atoms with Gasteiger partial charge in [-0.25, -0.2) is 0 Å². The third-order valence-corrected chi connectivity index (χ3v) is 5.24. The summed E-state index contributed by atoms with van der Waals surface area (Å²) in [5.41, 5.74) is 11.7. The molecule has 0 unspecified atom stereocenters. The molecule has 0 amide bonds. The van der Waals surface area contributed by atoms with Gasteiger partial charge in [0.05, 0.1) is 23.7 Å². The standard InChI is InChI=1S/C21H19ClN4O/c1-13-20(16-6-7-17(11-23)18(22)10-16)21(24)25-26(13)12-14-4-5-15-3-2-8-27-19(15)9-14/h4-7,9-10H,2-3,8,12H2,1H3,(H2,24,25). The van der Waals surface area contributed by atoms with Crippen molar-refractivity contribution in [3.63, 3.8) is 0 Å². The van der Waals surface area contributed by atoms with Crippen molar-refractivity contribution in [1.29, 1.82) is 5.26 Å². The zero-order chi connectivity index (χ0) is 19.0. The monoisotopic (exact) mass is 378 g/mol. The Morgan fingerprint density at radius 1 is 1.30 bits per heavy atom. The molecule has 0 radical (unpaired) electrons. The quantitative estimate of drug-likeness (QED) is 0.735. The number of fused-ring (bicyclic) bond motifs is 1. The maximum atomic E-state index is 9.06. The van der Waals surface area contributed by atoms with Gasteiger partial charge in [0.25, 0.3) is 0 Å². The number of ether oxygens (including phenoxy) is 1. The van der Waals surface area contributed by atoms with Gasteiger partial charge in [0.15, 0.2) is 5.82 Å². The normalized spacial score (nSPS) is 12.9. The molecule has 3 aromatic rings. The number of benzene rings is 2. The van der Waals surface area contributed by atoms with Gasteiger partial charge < -0.3 is 10.5 Å². The van der Waals surface area contributed by atoms with E-state index >= 15 is 0 Å². The molecule has 27 heavy (non-hydrogen) atoms. The first kappa shape index (κ1) is 17.4. The number of nitrogens with two attached hydrogens (primary N) is 1. The summed E-state index contributed by atoms with van der Waals surface area (Å²) in [6, 6.07) is 13.7. The van der Waals surface area contributed by atoms with Gasteiger partial charge in [0.1, 0.15) is 11.8 Å². The fourth-order valence-corrected chi connectivity index (χ4v) is 3.72. The minimum atomic E-state index is 0.411. The lowest BCUT2D eigenvalue weighted by Crippen LogP contribution is -2.10. The molecule has 1 aliphatic rings. The molecule has 2 heterocycles. The number of hydrogen-bond donors (Lipinski definition) is 1. The lowest BCUT2D eigenvalue weighted by Gasteiger charge is -2.18. The van der Waals surface area contributed by atoms with E-state index in [2.05, 4.69) is 29.4 Å². The molecule has 1 aromatic heterocycles. The first-order valence-corrected chi connectivity index (χ1v) is 9.22. The zero-order valence-corrected chi connectivity index (χ0v) is 15.8. The van der Waals surface area contributed by atoms with Crippen molar-refractivity contribution in [2.45, 2.75) is 26.3 Å². The van der Waals surface area contributed by atoms with Crippen molar-refractivity contribution in [3.05, 3.63) is 63.8 Å². The summed E-state index contributed by atoms with van der Waals surface area (Å²) in [4.78, 5) is 0. The van der Waals surface area contributed by atoms with E-state index in [0.29, 0.717) is 22.9 Å². The molecule has 6 heteroatoms. The second kappa shape index (κ2) is 6.98. The van der Waals surface area contributed by atoms with E-state index in [1.54, 1.807) is 12.1 Å². The molecule has 0 saturated heterocycles. The highest BCUT2D eigenvalue weighted by atomic mass is 35.5. The lowest BCUT2D eigenvalue weighted by molar-refractivity contribution is 0.288. The summed E-state index contributed by atoms with van der Waals surface area (Å²) in [6.45, 7) is 3.37. The third kappa shape index (κ3) is 3.24. The second-order valence-corrected chi connectivity index (χ2v) is 7.11. The Bertz CT molecular complexity index is 1060. The van der Waals surface area contributed by atoms with Gasteiger partial charge in [-0.3, -0.25) is 4.68 Å². The molecule has 1 aliphatic heterocycles. The molecule has 136 valence electrons. The molecule has 0 fully saturated rings. The van der Waals surface area contributed by atoms with Crippen LogP contribution < -0.4 is 10.5 Å². The number of nitriles is 1. The first-order valence-electron chi connectivity index (χ1n) is 8.84.